The fraction of sp³-hybridized carbons (Fsp3) is 0.318. The molecule has 6 aromatic rings. The van der Waals surface area contributed by atoms with E-state index >= 15 is 0 Å². The molecule has 0 amide bonds. The monoisotopic (exact) mass is 860 g/mol. The molecule has 0 aliphatic heterocycles. The summed E-state index contributed by atoms with van der Waals surface area (Å²) in [5, 5.41) is 23.3. The van der Waals surface area contributed by atoms with Crippen LogP contribution in [0.25, 0.3) is 43.8 Å². The smallest absolute Gasteiger partial charge is 1.00 e. The van der Waals surface area contributed by atoms with Crippen LogP contribution < -0.4 is 24.8 Å². The fourth-order valence-electron chi connectivity index (χ4n) is 6.24. The zero-order chi connectivity index (χ0) is 32.8. The van der Waals surface area contributed by atoms with Crippen molar-refractivity contribution in [2.45, 2.75) is 91.3 Å². The van der Waals surface area contributed by atoms with Gasteiger partial charge in [-0.25, -0.2) is 0 Å². The van der Waals surface area contributed by atoms with Gasteiger partial charge in [0.2, 0.25) is 0 Å². The molecular formula is C44H50Cl2HfO2. The van der Waals surface area contributed by atoms with Crippen LogP contribution in [-0.4, -0.2) is 22.4 Å². The molecule has 0 bridgehead atoms. The van der Waals surface area contributed by atoms with Gasteiger partial charge in [0, 0.05) is 0 Å². The molecule has 256 valence electrons. The van der Waals surface area contributed by atoms with Crippen LogP contribution in [0, 0.1) is 13.8 Å². The number of halogens is 2. The Hall–Kier alpha value is -2.53. The minimum atomic E-state index is -0.441. The maximum absolute atomic E-state index is 8.93. The molecular weight excluding hydrogens is 810 g/mol. The summed E-state index contributed by atoms with van der Waals surface area (Å²) >= 11 is 0. The van der Waals surface area contributed by atoms with Crippen molar-refractivity contribution in [3.63, 3.8) is 0 Å². The van der Waals surface area contributed by atoms with Gasteiger partial charge < -0.3 is 35.0 Å². The first-order valence-electron chi connectivity index (χ1n) is 17.0. The number of hydrogen-bond donors (Lipinski definition) is 2. The van der Waals surface area contributed by atoms with Crippen LogP contribution in [-0.2, 0) is 25.8 Å². The second-order valence-corrected chi connectivity index (χ2v) is 13.7. The van der Waals surface area contributed by atoms with E-state index in [0.29, 0.717) is 11.8 Å². The van der Waals surface area contributed by atoms with Crippen molar-refractivity contribution in [3.8, 4) is 22.3 Å². The third-order valence-electron chi connectivity index (χ3n) is 9.30. The van der Waals surface area contributed by atoms with Crippen molar-refractivity contribution in [3.05, 3.63) is 131 Å². The van der Waals surface area contributed by atoms with Gasteiger partial charge >= 0.3 is 25.8 Å². The van der Waals surface area contributed by atoms with Crippen LogP contribution >= 0.6 is 0 Å². The number of aliphatic hydroxyl groups is 2. The molecule has 1 saturated carbocycles. The van der Waals surface area contributed by atoms with Gasteiger partial charge in [-0.3, -0.25) is 0 Å². The normalized spacial score (nSPS) is 15.3. The molecule has 6 aromatic carbocycles. The summed E-state index contributed by atoms with van der Waals surface area (Å²) in [5.41, 5.74) is 10.7. The van der Waals surface area contributed by atoms with E-state index in [-0.39, 0.29) is 50.7 Å². The number of hydrogen-bond acceptors (Lipinski definition) is 2. The number of rotatable bonds is 4. The van der Waals surface area contributed by atoms with Crippen molar-refractivity contribution in [1.29, 1.82) is 0 Å². The molecule has 1 fully saturated rings. The molecule has 0 saturated heterocycles. The van der Waals surface area contributed by atoms with Crippen LogP contribution in [0.3, 0.4) is 0 Å². The number of fused-ring (bicyclic) bond motifs is 2. The molecule has 0 radical (unpaired) electrons. The molecule has 2 atom stereocenters. The second-order valence-electron chi connectivity index (χ2n) is 13.7. The summed E-state index contributed by atoms with van der Waals surface area (Å²) in [7, 11) is 0. The largest absolute Gasteiger partial charge is 4.00 e. The van der Waals surface area contributed by atoms with Crippen LogP contribution in [0.1, 0.15) is 87.5 Å². The average Bonchev–Trinajstić information content (AvgIpc) is 3.70. The van der Waals surface area contributed by atoms with Gasteiger partial charge in [-0.05, 0) is 49.7 Å². The summed E-state index contributed by atoms with van der Waals surface area (Å²) in [6.45, 7) is 13.3. The van der Waals surface area contributed by atoms with E-state index in [1.54, 1.807) is 0 Å². The van der Waals surface area contributed by atoms with E-state index in [4.69, 9.17) is 10.2 Å². The van der Waals surface area contributed by atoms with Crippen molar-refractivity contribution in [1.82, 2.24) is 0 Å². The van der Waals surface area contributed by atoms with Gasteiger partial charge in [-0.15, -0.1) is 69.1 Å². The van der Waals surface area contributed by atoms with Crippen molar-refractivity contribution in [2.75, 3.05) is 0 Å². The first-order valence-corrected chi connectivity index (χ1v) is 17.0. The van der Waals surface area contributed by atoms with Crippen molar-refractivity contribution >= 4 is 21.5 Å². The maximum Gasteiger partial charge on any atom is 4.00 e. The van der Waals surface area contributed by atoms with Gasteiger partial charge in [0.1, 0.15) is 0 Å². The number of aryl methyl sites for hydroxylation is 2. The topological polar surface area (TPSA) is 40.5 Å². The van der Waals surface area contributed by atoms with Crippen LogP contribution in [0.4, 0.5) is 0 Å². The Balaban J connectivity index is 0.000000266. The molecule has 2 N–H and O–H groups in total. The molecule has 2 unspecified atom stereocenters. The summed E-state index contributed by atoms with van der Waals surface area (Å²) in [5.74, 6) is 1.16. The van der Waals surface area contributed by atoms with Crippen molar-refractivity contribution in [2.24, 2.45) is 0 Å². The first-order chi connectivity index (χ1) is 22.1. The van der Waals surface area contributed by atoms with Crippen LogP contribution in [0.5, 0.6) is 0 Å². The molecule has 49 heavy (non-hydrogen) atoms. The quantitative estimate of drug-likeness (QED) is 0.179. The van der Waals surface area contributed by atoms with E-state index in [0.717, 1.165) is 25.7 Å². The summed E-state index contributed by atoms with van der Waals surface area (Å²) in [6.07, 6.45) is 2.81. The predicted molar refractivity (Wildman–Crippen MR) is 198 cm³/mol. The zero-order valence-corrected chi connectivity index (χ0v) is 34.8. The Labute approximate surface area is 325 Å². The zero-order valence-electron chi connectivity index (χ0n) is 29.7. The molecule has 0 aromatic heterocycles. The molecule has 2 nitrogen and oxygen atoms in total. The maximum atomic E-state index is 8.93. The van der Waals surface area contributed by atoms with Crippen LogP contribution in [0.2, 0.25) is 0 Å². The van der Waals surface area contributed by atoms with Gasteiger partial charge in [0.05, 0.1) is 12.2 Å². The average molecular weight is 860 g/mol. The SMILES string of the molecule is Cc1ccc(-c2cccc3[cH-]c(C(C)C)cc23)cc1.Cc1ccc(-c2cccc3[cH-]c(C(C)C)cc23)cc1.OC1CCCCC1O.[Cl-].[Cl-].[Hf+4]. The Bertz CT molecular complexity index is 1710. The molecule has 5 heteroatoms. The predicted octanol–water partition coefficient (Wildman–Crippen LogP) is 5.60. The minimum Gasteiger partial charge on any atom is -1.00 e. The van der Waals surface area contributed by atoms with Gasteiger partial charge in [-0.1, -0.05) is 123 Å². The number of benzene rings is 4. The number of aliphatic hydroxyl groups excluding tert-OH is 2. The van der Waals surface area contributed by atoms with Gasteiger partial charge in [0.25, 0.3) is 0 Å². The molecule has 7 rings (SSSR count). The summed E-state index contributed by atoms with van der Waals surface area (Å²) in [4.78, 5) is 0. The van der Waals surface area contributed by atoms with E-state index in [1.807, 2.05) is 0 Å². The fourth-order valence-corrected chi connectivity index (χ4v) is 6.24. The van der Waals surface area contributed by atoms with E-state index in [1.165, 1.54) is 66.1 Å². The van der Waals surface area contributed by atoms with Gasteiger partial charge in [-0.2, -0.15) is 12.1 Å². The third-order valence-corrected chi connectivity index (χ3v) is 9.30. The van der Waals surface area contributed by atoms with E-state index in [9.17, 15) is 0 Å². The van der Waals surface area contributed by atoms with E-state index in [2.05, 4.69) is 151 Å². The Kier molecular flexibility index (Phi) is 17.2. The van der Waals surface area contributed by atoms with Gasteiger partial charge in [0.15, 0.2) is 0 Å². The molecule has 0 spiro atoms. The van der Waals surface area contributed by atoms with Crippen LogP contribution in [0.15, 0.2) is 109 Å². The molecule has 1 aliphatic carbocycles. The first kappa shape index (κ1) is 42.6. The third kappa shape index (κ3) is 11.0. The summed E-state index contributed by atoms with van der Waals surface area (Å²) in [6, 6.07) is 40.1. The molecule has 1 aliphatic rings. The Morgan fingerprint density at radius 2 is 0.898 bits per heavy atom. The Morgan fingerprint density at radius 3 is 1.20 bits per heavy atom. The minimum absolute atomic E-state index is 0. The molecule has 0 heterocycles. The van der Waals surface area contributed by atoms with Crippen molar-refractivity contribution < 1.29 is 60.9 Å². The summed E-state index contributed by atoms with van der Waals surface area (Å²) < 4.78 is 0. The van der Waals surface area contributed by atoms with E-state index < -0.39 is 12.2 Å². The standard InChI is InChI=1S/2C19H19.C6H12O2.2ClH.Hf/c2*1-13(2)17-11-16-5-4-6-18(19(16)12-17)15-9-7-14(3)8-10-15;7-5-3-1-2-4-6(5)8;;;/h2*4-13H,1-3H3;5-8H,1-4H2;2*1H;/q2*-1;;;;+4/p-2. The second kappa shape index (κ2) is 19.8. The Morgan fingerprint density at radius 1 is 0.551 bits per heavy atom.